The molecule has 0 spiro atoms. The van der Waals surface area contributed by atoms with Gasteiger partial charge in [0.05, 0.1) is 16.3 Å². The molecule has 0 radical (unpaired) electrons. The standard InChI is InChI=1S/C13H11N3O2S/c1-2-8-6-12-14-9(11-4-3-5-19-11)7-10(13(17)18)16(12)15-8/h3-7H,2H2,1H3,(H,17,18). The lowest BCUT2D eigenvalue weighted by molar-refractivity contribution is 0.0687. The minimum Gasteiger partial charge on any atom is -0.477 e. The third kappa shape index (κ3) is 2.00. The Morgan fingerprint density at radius 2 is 2.32 bits per heavy atom. The van der Waals surface area contributed by atoms with Gasteiger partial charge in [-0.2, -0.15) is 5.10 Å². The predicted molar refractivity (Wildman–Crippen MR) is 72.6 cm³/mol. The van der Waals surface area contributed by atoms with Crippen LogP contribution in [-0.2, 0) is 6.42 Å². The fourth-order valence-corrected chi connectivity index (χ4v) is 2.58. The van der Waals surface area contributed by atoms with Crippen molar-refractivity contribution in [3.8, 4) is 10.6 Å². The van der Waals surface area contributed by atoms with Crippen LogP contribution >= 0.6 is 11.3 Å². The Hall–Kier alpha value is -2.21. The molecule has 0 aliphatic heterocycles. The molecule has 3 aromatic heterocycles. The summed E-state index contributed by atoms with van der Waals surface area (Å²) in [6.45, 7) is 1.97. The van der Waals surface area contributed by atoms with Gasteiger partial charge in [0.25, 0.3) is 0 Å². The SMILES string of the molecule is CCc1cc2nc(-c3cccs3)cc(C(=O)O)n2n1. The number of fused-ring (bicyclic) bond motifs is 1. The molecule has 0 saturated heterocycles. The topological polar surface area (TPSA) is 67.5 Å². The van der Waals surface area contributed by atoms with E-state index in [9.17, 15) is 9.90 Å². The molecule has 0 amide bonds. The van der Waals surface area contributed by atoms with Gasteiger partial charge in [-0.25, -0.2) is 14.3 Å². The molecule has 96 valence electrons. The Morgan fingerprint density at radius 1 is 1.47 bits per heavy atom. The van der Waals surface area contributed by atoms with Crippen molar-refractivity contribution in [2.45, 2.75) is 13.3 Å². The molecule has 6 heteroatoms. The van der Waals surface area contributed by atoms with Gasteiger partial charge in [-0.15, -0.1) is 11.3 Å². The Balaban J connectivity index is 2.29. The molecule has 0 saturated carbocycles. The van der Waals surface area contributed by atoms with Crippen LogP contribution in [0.1, 0.15) is 23.1 Å². The number of carboxylic acids is 1. The van der Waals surface area contributed by atoms with Crippen LogP contribution in [0.2, 0.25) is 0 Å². The fourth-order valence-electron chi connectivity index (χ4n) is 1.90. The molecule has 0 aliphatic rings. The zero-order valence-corrected chi connectivity index (χ0v) is 11.0. The number of aromatic carboxylic acids is 1. The van der Waals surface area contributed by atoms with E-state index < -0.39 is 5.97 Å². The summed E-state index contributed by atoms with van der Waals surface area (Å²) in [5.74, 6) is -1.00. The van der Waals surface area contributed by atoms with Crippen LogP contribution in [0.4, 0.5) is 0 Å². The molecular weight excluding hydrogens is 262 g/mol. The summed E-state index contributed by atoms with van der Waals surface area (Å²) in [5.41, 5.74) is 2.20. The number of carboxylic acid groups (broad SMARTS) is 1. The molecular formula is C13H11N3O2S. The van der Waals surface area contributed by atoms with Gasteiger partial charge in [-0.05, 0) is 23.9 Å². The molecule has 3 aromatic rings. The zero-order valence-electron chi connectivity index (χ0n) is 10.2. The normalized spacial score (nSPS) is 11.0. The van der Waals surface area contributed by atoms with Gasteiger partial charge in [0.1, 0.15) is 0 Å². The molecule has 0 aromatic carbocycles. The van der Waals surface area contributed by atoms with Crippen LogP contribution < -0.4 is 0 Å². The Bertz CT molecular complexity index is 747. The highest BCUT2D eigenvalue weighted by atomic mass is 32.1. The first kappa shape index (κ1) is 11.9. The second kappa shape index (κ2) is 4.47. The van der Waals surface area contributed by atoms with Crippen molar-refractivity contribution in [3.63, 3.8) is 0 Å². The first-order valence-electron chi connectivity index (χ1n) is 5.86. The summed E-state index contributed by atoms with van der Waals surface area (Å²) in [6, 6.07) is 7.23. The van der Waals surface area contributed by atoms with Gasteiger partial charge in [0.15, 0.2) is 11.3 Å². The number of thiophene rings is 1. The van der Waals surface area contributed by atoms with E-state index in [1.165, 1.54) is 15.9 Å². The van der Waals surface area contributed by atoms with Crippen LogP contribution in [0.3, 0.4) is 0 Å². The van der Waals surface area contributed by atoms with E-state index in [-0.39, 0.29) is 5.69 Å². The number of rotatable bonds is 3. The molecule has 3 heterocycles. The highest BCUT2D eigenvalue weighted by molar-refractivity contribution is 7.13. The summed E-state index contributed by atoms with van der Waals surface area (Å²) in [4.78, 5) is 16.8. The number of hydrogen-bond donors (Lipinski definition) is 1. The minimum absolute atomic E-state index is 0.133. The van der Waals surface area contributed by atoms with Crippen molar-refractivity contribution in [1.29, 1.82) is 0 Å². The van der Waals surface area contributed by atoms with Crippen LogP contribution in [0, 0.1) is 0 Å². The van der Waals surface area contributed by atoms with Crippen molar-refractivity contribution in [3.05, 3.63) is 41.0 Å². The molecule has 0 fully saturated rings. The second-order valence-electron chi connectivity index (χ2n) is 4.07. The molecule has 1 N–H and O–H groups in total. The molecule has 0 unspecified atom stereocenters. The van der Waals surface area contributed by atoms with Crippen molar-refractivity contribution >= 4 is 23.0 Å². The lowest BCUT2D eigenvalue weighted by Crippen LogP contribution is -2.08. The van der Waals surface area contributed by atoms with E-state index in [0.717, 1.165) is 17.0 Å². The fraction of sp³-hybridized carbons (Fsp3) is 0.154. The largest absolute Gasteiger partial charge is 0.477 e. The Morgan fingerprint density at radius 3 is 2.95 bits per heavy atom. The summed E-state index contributed by atoms with van der Waals surface area (Å²) in [5, 5.41) is 15.5. The van der Waals surface area contributed by atoms with E-state index in [0.29, 0.717) is 11.3 Å². The summed E-state index contributed by atoms with van der Waals surface area (Å²) in [7, 11) is 0. The molecule has 0 aliphatic carbocycles. The Kier molecular flexibility index (Phi) is 2.79. The van der Waals surface area contributed by atoms with Gasteiger partial charge >= 0.3 is 5.97 Å². The lowest BCUT2D eigenvalue weighted by atomic mass is 10.2. The second-order valence-corrected chi connectivity index (χ2v) is 5.02. The van der Waals surface area contributed by atoms with E-state index in [2.05, 4.69) is 10.1 Å². The number of aryl methyl sites for hydroxylation is 1. The van der Waals surface area contributed by atoms with Crippen molar-refractivity contribution in [2.24, 2.45) is 0 Å². The zero-order chi connectivity index (χ0) is 13.4. The third-order valence-electron chi connectivity index (χ3n) is 2.83. The average Bonchev–Trinajstić information content (AvgIpc) is 3.05. The maximum absolute atomic E-state index is 11.3. The maximum Gasteiger partial charge on any atom is 0.354 e. The van der Waals surface area contributed by atoms with E-state index in [1.54, 1.807) is 6.07 Å². The highest BCUT2D eigenvalue weighted by Gasteiger charge is 2.15. The third-order valence-corrected chi connectivity index (χ3v) is 3.73. The van der Waals surface area contributed by atoms with E-state index in [4.69, 9.17) is 0 Å². The van der Waals surface area contributed by atoms with Crippen LogP contribution in [0.5, 0.6) is 0 Å². The van der Waals surface area contributed by atoms with E-state index in [1.807, 2.05) is 30.5 Å². The van der Waals surface area contributed by atoms with Crippen molar-refractivity contribution in [1.82, 2.24) is 14.6 Å². The van der Waals surface area contributed by atoms with Gasteiger partial charge < -0.3 is 5.11 Å². The summed E-state index contributed by atoms with van der Waals surface area (Å²) < 4.78 is 1.39. The molecule has 5 nitrogen and oxygen atoms in total. The number of hydrogen-bond acceptors (Lipinski definition) is 4. The monoisotopic (exact) mass is 273 g/mol. The maximum atomic E-state index is 11.3. The van der Waals surface area contributed by atoms with Crippen molar-refractivity contribution < 1.29 is 9.90 Å². The predicted octanol–water partition coefficient (Wildman–Crippen LogP) is 2.72. The average molecular weight is 273 g/mol. The lowest BCUT2D eigenvalue weighted by Gasteiger charge is -2.02. The van der Waals surface area contributed by atoms with Gasteiger partial charge in [0.2, 0.25) is 0 Å². The molecule has 19 heavy (non-hydrogen) atoms. The molecule has 0 bridgehead atoms. The first-order chi connectivity index (χ1) is 9.19. The smallest absolute Gasteiger partial charge is 0.354 e. The number of nitrogens with zero attached hydrogens (tertiary/aromatic N) is 3. The summed E-state index contributed by atoms with van der Waals surface area (Å²) >= 11 is 1.53. The highest BCUT2D eigenvalue weighted by Crippen LogP contribution is 2.24. The number of aromatic nitrogens is 3. The van der Waals surface area contributed by atoms with Gasteiger partial charge in [-0.3, -0.25) is 0 Å². The van der Waals surface area contributed by atoms with E-state index >= 15 is 0 Å². The molecule has 3 rings (SSSR count). The van der Waals surface area contributed by atoms with Crippen LogP contribution in [-0.4, -0.2) is 25.7 Å². The first-order valence-corrected chi connectivity index (χ1v) is 6.74. The summed E-state index contributed by atoms with van der Waals surface area (Å²) in [6.07, 6.45) is 0.747. The number of carbonyl (C=O) groups is 1. The van der Waals surface area contributed by atoms with Gasteiger partial charge in [-0.1, -0.05) is 13.0 Å². The van der Waals surface area contributed by atoms with Crippen LogP contribution in [0.25, 0.3) is 16.2 Å². The van der Waals surface area contributed by atoms with Crippen molar-refractivity contribution in [2.75, 3.05) is 0 Å². The Labute approximate surface area is 113 Å². The quantitative estimate of drug-likeness (QED) is 0.796. The van der Waals surface area contributed by atoms with Gasteiger partial charge in [0, 0.05) is 6.07 Å². The minimum atomic E-state index is -1.00. The van der Waals surface area contributed by atoms with Crippen LogP contribution in [0.15, 0.2) is 29.6 Å². The molecule has 0 atom stereocenters.